The van der Waals surface area contributed by atoms with Gasteiger partial charge in [0.1, 0.15) is 0 Å². The number of hydrogen-bond donors (Lipinski definition) is 1. The molecule has 0 radical (unpaired) electrons. The maximum absolute atomic E-state index is 12.8. The van der Waals surface area contributed by atoms with Gasteiger partial charge in [0.25, 0.3) is 0 Å². The normalized spacial score (nSPS) is 26.1. The Labute approximate surface area is 94.2 Å². The highest BCUT2D eigenvalue weighted by Gasteiger charge is 2.63. The van der Waals surface area contributed by atoms with Crippen LogP contribution in [0.15, 0.2) is 0 Å². The first kappa shape index (κ1) is 12.2. The third-order valence-corrected chi connectivity index (χ3v) is 3.94. The fraction of sp³-hybridized carbons (Fsp3) is 1.00. The van der Waals surface area contributed by atoms with Crippen LogP contribution in [0.25, 0.3) is 0 Å². The molecule has 2 nitrogen and oxygen atoms in total. The highest BCUT2D eigenvalue weighted by molar-refractivity contribution is 5.01. The van der Waals surface area contributed by atoms with Gasteiger partial charge in [0.2, 0.25) is 0 Å². The van der Waals surface area contributed by atoms with E-state index in [1.807, 2.05) is 11.9 Å². The Morgan fingerprint density at radius 2 is 1.81 bits per heavy atom. The van der Waals surface area contributed by atoms with Crippen LogP contribution in [0, 0.1) is 5.41 Å². The summed E-state index contributed by atoms with van der Waals surface area (Å²) >= 11 is 0. The average molecular weight is 236 g/mol. The molecular weight excluding hydrogens is 217 g/mol. The van der Waals surface area contributed by atoms with Crippen molar-refractivity contribution in [1.82, 2.24) is 10.2 Å². The second-order valence-electron chi connectivity index (χ2n) is 5.17. The number of halogens is 3. The number of piperidine rings is 1. The van der Waals surface area contributed by atoms with Crippen LogP contribution in [0.2, 0.25) is 0 Å². The van der Waals surface area contributed by atoms with Gasteiger partial charge in [-0.1, -0.05) is 0 Å². The predicted molar refractivity (Wildman–Crippen MR) is 56.2 cm³/mol. The fourth-order valence-corrected chi connectivity index (χ4v) is 2.54. The molecule has 0 unspecified atom stereocenters. The Morgan fingerprint density at radius 3 is 2.25 bits per heavy atom. The summed E-state index contributed by atoms with van der Waals surface area (Å²) in [6, 6.07) is 0.320. The molecule has 2 aliphatic rings. The van der Waals surface area contributed by atoms with E-state index in [4.69, 9.17) is 0 Å². The summed E-state index contributed by atoms with van der Waals surface area (Å²) in [4.78, 5) is 1.92. The molecule has 2 rings (SSSR count). The van der Waals surface area contributed by atoms with Crippen LogP contribution in [-0.4, -0.2) is 43.8 Å². The monoisotopic (exact) mass is 236 g/mol. The highest BCUT2D eigenvalue weighted by Crippen LogP contribution is 2.58. The molecule has 0 aromatic heterocycles. The van der Waals surface area contributed by atoms with Crippen LogP contribution in [-0.2, 0) is 0 Å². The molecule has 2 fully saturated rings. The lowest BCUT2D eigenvalue weighted by molar-refractivity contribution is -0.192. The molecule has 0 bridgehead atoms. The second-order valence-corrected chi connectivity index (χ2v) is 5.17. The topological polar surface area (TPSA) is 15.3 Å². The van der Waals surface area contributed by atoms with Gasteiger partial charge < -0.3 is 10.2 Å². The van der Waals surface area contributed by atoms with E-state index in [1.54, 1.807) is 0 Å². The van der Waals surface area contributed by atoms with E-state index in [1.165, 1.54) is 0 Å². The molecule has 1 aliphatic heterocycles. The highest BCUT2D eigenvalue weighted by atomic mass is 19.4. The van der Waals surface area contributed by atoms with Gasteiger partial charge in [-0.05, 0) is 45.8 Å². The molecule has 0 atom stereocenters. The van der Waals surface area contributed by atoms with Crippen molar-refractivity contribution in [2.75, 3.05) is 26.7 Å². The van der Waals surface area contributed by atoms with Crippen molar-refractivity contribution >= 4 is 0 Å². The standard InChI is InChI=1S/C11H19F3N2/c1-16(9-2-6-15-7-3-9)8-10(4-5-10)11(12,13)14/h9,15H,2-8H2,1H3. The third-order valence-electron chi connectivity index (χ3n) is 3.94. The zero-order valence-corrected chi connectivity index (χ0v) is 9.61. The Balaban J connectivity index is 1.89. The molecule has 94 valence electrons. The van der Waals surface area contributed by atoms with Crippen molar-refractivity contribution in [3.05, 3.63) is 0 Å². The van der Waals surface area contributed by atoms with Gasteiger partial charge in [0.05, 0.1) is 5.41 Å². The van der Waals surface area contributed by atoms with E-state index < -0.39 is 11.6 Å². The molecule has 0 aromatic carbocycles. The summed E-state index contributed by atoms with van der Waals surface area (Å²) in [5.41, 5.74) is -1.38. The minimum absolute atomic E-state index is 0.182. The zero-order valence-electron chi connectivity index (χ0n) is 9.61. The van der Waals surface area contributed by atoms with Crippen LogP contribution in [0.1, 0.15) is 25.7 Å². The van der Waals surface area contributed by atoms with E-state index >= 15 is 0 Å². The molecule has 0 amide bonds. The molecule has 1 heterocycles. The van der Waals surface area contributed by atoms with Crippen LogP contribution >= 0.6 is 0 Å². The van der Waals surface area contributed by atoms with Crippen molar-refractivity contribution in [3.63, 3.8) is 0 Å². The maximum Gasteiger partial charge on any atom is 0.395 e. The zero-order chi connectivity index (χ0) is 11.8. The average Bonchev–Trinajstić information content (AvgIpc) is 2.99. The number of nitrogens with one attached hydrogen (secondary N) is 1. The van der Waals surface area contributed by atoms with E-state index in [0.29, 0.717) is 18.9 Å². The summed E-state index contributed by atoms with van der Waals surface area (Å²) in [5.74, 6) is 0. The molecule has 1 saturated carbocycles. The van der Waals surface area contributed by atoms with Gasteiger partial charge in [-0.15, -0.1) is 0 Å². The molecular formula is C11H19F3N2. The number of alkyl halides is 3. The lowest BCUT2D eigenvalue weighted by Gasteiger charge is -2.34. The van der Waals surface area contributed by atoms with Crippen LogP contribution in [0.4, 0.5) is 13.2 Å². The quantitative estimate of drug-likeness (QED) is 0.806. The largest absolute Gasteiger partial charge is 0.395 e. The van der Waals surface area contributed by atoms with Gasteiger partial charge in [-0.3, -0.25) is 0 Å². The number of rotatable bonds is 3. The predicted octanol–water partition coefficient (Wildman–Crippen LogP) is 2.01. The minimum Gasteiger partial charge on any atom is -0.317 e. The Bertz CT molecular complexity index is 242. The van der Waals surface area contributed by atoms with Crippen molar-refractivity contribution < 1.29 is 13.2 Å². The SMILES string of the molecule is CN(CC1(C(F)(F)F)CC1)C1CCNCC1. The molecule has 0 spiro atoms. The van der Waals surface area contributed by atoms with Crippen molar-refractivity contribution in [2.24, 2.45) is 5.41 Å². The lowest BCUT2D eigenvalue weighted by Crippen LogP contribution is -2.45. The number of nitrogens with zero attached hydrogens (tertiary/aromatic N) is 1. The molecule has 0 aromatic rings. The second kappa shape index (κ2) is 4.18. The van der Waals surface area contributed by atoms with Crippen molar-refractivity contribution in [1.29, 1.82) is 0 Å². The van der Waals surface area contributed by atoms with E-state index in [-0.39, 0.29) is 6.54 Å². The smallest absolute Gasteiger partial charge is 0.317 e. The van der Waals surface area contributed by atoms with Gasteiger partial charge >= 0.3 is 6.18 Å². The molecule has 1 N–H and O–H groups in total. The molecule has 5 heteroatoms. The first-order chi connectivity index (χ1) is 7.45. The van der Waals surface area contributed by atoms with Gasteiger partial charge in [0.15, 0.2) is 0 Å². The Hall–Kier alpha value is -0.290. The van der Waals surface area contributed by atoms with E-state index in [9.17, 15) is 13.2 Å². The van der Waals surface area contributed by atoms with Crippen LogP contribution < -0.4 is 5.32 Å². The summed E-state index contributed by atoms with van der Waals surface area (Å²) in [5, 5.41) is 3.23. The summed E-state index contributed by atoms with van der Waals surface area (Å²) in [6.07, 6.45) is -1.47. The Morgan fingerprint density at radius 1 is 1.25 bits per heavy atom. The first-order valence-corrected chi connectivity index (χ1v) is 5.92. The van der Waals surface area contributed by atoms with Crippen molar-refractivity contribution in [3.8, 4) is 0 Å². The van der Waals surface area contributed by atoms with Crippen LogP contribution in [0.3, 0.4) is 0 Å². The maximum atomic E-state index is 12.8. The summed E-state index contributed by atoms with van der Waals surface area (Å²) < 4.78 is 38.4. The number of hydrogen-bond acceptors (Lipinski definition) is 2. The summed E-state index contributed by atoms with van der Waals surface area (Å²) in [7, 11) is 1.84. The third kappa shape index (κ3) is 2.35. The van der Waals surface area contributed by atoms with Gasteiger partial charge in [-0.25, -0.2) is 0 Å². The van der Waals surface area contributed by atoms with E-state index in [0.717, 1.165) is 25.9 Å². The molecule has 1 aliphatic carbocycles. The summed E-state index contributed by atoms with van der Waals surface area (Å²) in [6.45, 7) is 2.03. The first-order valence-electron chi connectivity index (χ1n) is 5.92. The minimum atomic E-state index is -4.02. The Kier molecular flexibility index (Phi) is 3.18. The van der Waals surface area contributed by atoms with Gasteiger partial charge in [-0.2, -0.15) is 13.2 Å². The molecule has 1 saturated heterocycles. The van der Waals surface area contributed by atoms with Crippen molar-refractivity contribution in [2.45, 2.75) is 37.9 Å². The lowest BCUT2D eigenvalue weighted by atomic mass is 10.0. The molecule has 16 heavy (non-hydrogen) atoms. The van der Waals surface area contributed by atoms with Gasteiger partial charge in [0, 0.05) is 12.6 Å². The van der Waals surface area contributed by atoms with Crippen LogP contribution in [0.5, 0.6) is 0 Å². The fourth-order valence-electron chi connectivity index (χ4n) is 2.54. The van der Waals surface area contributed by atoms with E-state index in [2.05, 4.69) is 5.32 Å².